The summed E-state index contributed by atoms with van der Waals surface area (Å²) in [4.78, 5) is 21.6. The molecule has 3 aromatic rings. The SMILES string of the molecule is CNCC[C@@H](Oc1ccccc1CCN1CCC2(CC1)CN(c1cnccc1C(F)(F)F)C(=O)[C@@H](C)O2)c1cccs1. The van der Waals surface area contributed by atoms with Gasteiger partial charge in [0.15, 0.2) is 0 Å². The predicted molar refractivity (Wildman–Crippen MR) is 157 cm³/mol. The fourth-order valence-electron chi connectivity index (χ4n) is 5.82. The van der Waals surface area contributed by atoms with E-state index < -0.39 is 29.4 Å². The van der Waals surface area contributed by atoms with Gasteiger partial charge in [0.2, 0.25) is 0 Å². The summed E-state index contributed by atoms with van der Waals surface area (Å²) in [5, 5.41) is 5.28. The van der Waals surface area contributed by atoms with Crippen LogP contribution in [0.25, 0.3) is 0 Å². The lowest BCUT2D eigenvalue weighted by Gasteiger charge is -2.49. The van der Waals surface area contributed by atoms with Gasteiger partial charge in [-0.25, -0.2) is 0 Å². The van der Waals surface area contributed by atoms with Crippen LogP contribution >= 0.6 is 11.3 Å². The van der Waals surface area contributed by atoms with Crippen molar-refractivity contribution in [2.45, 2.75) is 56.6 Å². The highest BCUT2D eigenvalue weighted by molar-refractivity contribution is 7.10. The minimum absolute atomic E-state index is 0.0257. The van der Waals surface area contributed by atoms with E-state index in [0.717, 1.165) is 68.8 Å². The molecule has 226 valence electrons. The van der Waals surface area contributed by atoms with Crippen LogP contribution < -0.4 is 15.0 Å². The summed E-state index contributed by atoms with van der Waals surface area (Å²) < 4.78 is 54.0. The highest BCUT2D eigenvalue weighted by atomic mass is 32.1. The summed E-state index contributed by atoms with van der Waals surface area (Å²) in [5.74, 6) is 0.407. The molecular weight excluding hydrogens is 565 g/mol. The monoisotopic (exact) mass is 602 g/mol. The molecule has 0 saturated carbocycles. The van der Waals surface area contributed by atoms with Gasteiger partial charge in [-0.3, -0.25) is 9.78 Å². The lowest BCUT2D eigenvalue weighted by atomic mass is 9.88. The van der Waals surface area contributed by atoms with E-state index in [1.807, 2.05) is 31.3 Å². The number of aromatic nitrogens is 1. The van der Waals surface area contributed by atoms with Gasteiger partial charge in [-0.2, -0.15) is 13.2 Å². The molecule has 2 saturated heterocycles. The molecule has 2 fully saturated rings. The van der Waals surface area contributed by atoms with Crippen LogP contribution in [0.5, 0.6) is 5.75 Å². The molecule has 0 unspecified atom stereocenters. The summed E-state index contributed by atoms with van der Waals surface area (Å²) in [6.07, 6.45) is -0.327. The van der Waals surface area contributed by atoms with Gasteiger partial charge in [0.25, 0.3) is 5.91 Å². The third-order valence-electron chi connectivity index (χ3n) is 8.11. The quantitative estimate of drug-likeness (QED) is 0.320. The molecule has 2 aliphatic rings. The third-order valence-corrected chi connectivity index (χ3v) is 9.07. The van der Waals surface area contributed by atoms with Gasteiger partial charge in [-0.1, -0.05) is 24.3 Å². The van der Waals surface area contributed by atoms with Crippen LogP contribution in [0.1, 0.15) is 48.3 Å². The van der Waals surface area contributed by atoms with Crippen LogP contribution in [-0.4, -0.2) is 67.3 Å². The number of morpholine rings is 1. The Bertz CT molecular complexity index is 1330. The second kappa shape index (κ2) is 13.1. The number of nitrogens with zero attached hydrogens (tertiary/aromatic N) is 3. The van der Waals surface area contributed by atoms with Crippen LogP contribution in [0.3, 0.4) is 0 Å². The van der Waals surface area contributed by atoms with Crippen molar-refractivity contribution in [3.05, 3.63) is 76.2 Å². The van der Waals surface area contributed by atoms with Crippen molar-refractivity contribution in [3.8, 4) is 5.75 Å². The Kier molecular flexibility index (Phi) is 9.51. The molecule has 1 spiro atoms. The summed E-state index contributed by atoms with van der Waals surface area (Å²) in [5.41, 5.74) is -0.635. The summed E-state index contributed by atoms with van der Waals surface area (Å²) in [6.45, 7) is 4.79. The normalized spacial score (nSPS) is 20.2. The molecule has 7 nitrogen and oxygen atoms in total. The number of benzene rings is 1. The maximum absolute atomic E-state index is 13.7. The van der Waals surface area contributed by atoms with E-state index in [2.05, 4.69) is 32.7 Å². The number of para-hydroxylation sites is 1. The molecule has 0 aliphatic carbocycles. The van der Waals surface area contributed by atoms with Gasteiger partial charge in [-0.05, 0) is 68.9 Å². The lowest BCUT2D eigenvalue weighted by Crippen LogP contribution is -2.62. The zero-order valence-electron chi connectivity index (χ0n) is 23.9. The molecule has 0 radical (unpaired) electrons. The maximum atomic E-state index is 13.7. The number of amides is 1. The van der Waals surface area contributed by atoms with Crippen LogP contribution in [0, 0.1) is 0 Å². The number of nitrogens with one attached hydrogen (secondary N) is 1. The first kappa shape index (κ1) is 30.5. The predicted octanol–water partition coefficient (Wildman–Crippen LogP) is 5.72. The Labute approximate surface area is 248 Å². The Morgan fingerprint density at radius 1 is 1.19 bits per heavy atom. The van der Waals surface area contributed by atoms with Gasteiger partial charge >= 0.3 is 6.18 Å². The van der Waals surface area contributed by atoms with Crippen LogP contribution in [0.4, 0.5) is 18.9 Å². The largest absolute Gasteiger partial charge is 0.485 e. The average Bonchev–Trinajstić information content (AvgIpc) is 3.52. The number of piperidine rings is 1. The number of alkyl halides is 3. The molecule has 2 aliphatic heterocycles. The van der Waals surface area contributed by atoms with Crippen LogP contribution in [0.15, 0.2) is 60.2 Å². The van der Waals surface area contributed by atoms with Gasteiger partial charge in [0, 0.05) is 37.1 Å². The standard InChI is InChI=1S/C31H37F3N4O3S/c1-22-29(39)38(25-20-36-15-9-24(25)31(32,33)34)21-30(41-22)12-17-37(18-13-30)16-11-23-6-3-4-7-26(23)40-27(10-14-35-2)28-8-5-19-42-28/h3-9,15,19-20,22,27,35H,10-14,16-18,21H2,1-2H3/t22-,27-/m1/s1. The number of hydrogen-bond acceptors (Lipinski definition) is 7. The van der Waals surface area contributed by atoms with Gasteiger partial charge in [-0.15, -0.1) is 11.3 Å². The first-order chi connectivity index (χ1) is 20.2. The van der Waals surface area contributed by atoms with Crippen molar-refractivity contribution in [2.75, 3.05) is 44.7 Å². The number of carbonyl (C=O) groups is 1. The Morgan fingerprint density at radius 2 is 1.98 bits per heavy atom. The smallest absolute Gasteiger partial charge is 0.418 e. The van der Waals surface area contributed by atoms with E-state index in [-0.39, 0.29) is 18.3 Å². The summed E-state index contributed by atoms with van der Waals surface area (Å²) >= 11 is 1.70. The summed E-state index contributed by atoms with van der Waals surface area (Å²) in [6, 6.07) is 13.2. The minimum Gasteiger partial charge on any atom is -0.485 e. The average molecular weight is 603 g/mol. The molecule has 42 heavy (non-hydrogen) atoms. The fraction of sp³-hybridized carbons (Fsp3) is 0.484. The number of hydrogen-bond donors (Lipinski definition) is 1. The number of thiophene rings is 1. The number of halogens is 3. The molecule has 5 rings (SSSR count). The molecule has 2 aromatic heterocycles. The Hall–Kier alpha value is -2.99. The molecule has 2 atom stereocenters. The van der Waals surface area contributed by atoms with Crippen molar-refractivity contribution in [1.29, 1.82) is 0 Å². The highest BCUT2D eigenvalue weighted by Gasteiger charge is 2.47. The van der Waals surface area contributed by atoms with Crippen molar-refractivity contribution < 1.29 is 27.4 Å². The number of ether oxygens (including phenoxy) is 2. The van der Waals surface area contributed by atoms with Crippen molar-refractivity contribution in [3.63, 3.8) is 0 Å². The zero-order valence-corrected chi connectivity index (χ0v) is 24.7. The van der Waals surface area contributed by atoms with E-state index in [1.165, 1.54) is 9.78 Å². The molecule has 4 heterocycles. The zero-order chi connectivity index (χ0) is 29.7. The van der Waals surface area contributed by atoms with Crippen molar-refractivity contribution in [1.82, 2.24) is 15.2 Å². The maximum Gasteiger partial charge on any atom is 0.418 e. The highest BCUT2D eigenvalue weighted by Crippen LogP contribution is 2.40. The van der Waals surface area contributed by atoms with E-state index in [0.29, 0.717) is 12.8 Å². The van der Waals surface area contributed by atoms with Gasteiger partial charge in [0.1, 0.15) is 18.0 Å². The van der Waals surface area contributed by atoms with Crippen molar-refractivity contribution >= 4 is 22.9 Å². The number of likely N-dealkylation sites (tertiary alicyclic amines) is 1. The number of carbonyl (C=O) groups excluding carboxylic acids is 1. The van der Waals surface area contributed by atoms with Crippen LogP contribution in [-0.2, 0) is 22.1 Å². The molecule has 11 heteroatoms. The number of anilines is 1. The topological polar surface area (TPSA) is 66.9 Å². The molecule has 1 N–H and O–H groups in total. The number of pyridine rings is 1. The fourth-order valence-corrected chi connectivity index (χ4v) is 6.61. The molecule has 0 bridgehead atoms. The lowest BCUT2D eigenvalue weighted by molar-refractivity contribution is -0.162. The van der Waals surface area contributed by atoms with Gasteiger partial charge in [0.05, 0.1) is 29.6 Å². The Balaban J connectivity index is 1.23. The van der Waals surface area contributed by atoms with E-state index in [4.69, 9.17) is 9.47 Å². The summed E-state index contributed by atoms with van der Waals surface area (Å²) in [7, 11) is 1.94. The number of rotatable bonds is 10. The van der Waals surface area contributed by atoms with E-state index in [1.54, 1.807) is 18.3 Å². The second-order valence-electron chi connectivity index (χ2n) is 11.0. The minimum atomic E-state index is -4.59. The van der Waals surface area contributed by atoms with E-state index in [9.17, 15) is 18.0 Å². The van der Waals surface area contributed by atoms with Crippen LogP contribution in [0.2, 0.25) is 0 Å². The Morgan fingerprint density at radius 3 is 2.69 bits per heavy atom. The van der Waals surface area contributed by atoms with Crippen molar-refractivity contribution in [2.24, 2.45) is 0 Å². The third kappa shape index (κ3) is 6.96. The first-order valence-electron chi connectivity index (χ1n) is 14.3. The molecular formula is C31H37F3N4O3S. The van der Waals surface area contributed by atoms with Gasteiger partial charge < -0.3 is 24.6 Å². The first-order valence-corrected chi connectivity index (χ1v) is 15.2. The molecule has 1 amide bonds. The van der Waals surface area contributed by atoms with E-state index >= 15 is 0 Å². The molecule has 1 aromatic carbocycles. The second-order valence-corrected chi connectivity index (χ2v) is 12.0.